The fourth-order valence-electron chi connectivity index (χ4n) is 3.46. The number of hydrogen-bond donors (Lipinski definition) is 0. The predicted molar refractivity (Wildman–Crippen MR) is 80.6 cm³/mol. The third-order valence-corrected chi connectivity index (χ3v) is 4.83. The topological polar surface area (TPSA) is 62.7 Å². The molecule has 118 valence electrons. The first-order valence-corrected chi connectivity index (χ1v) is 7.56. The molecule has 2 saturated heterocycles. The van der Waals surface area contributed by atoms with Crippen molar-refractivity contribution in [2.24, 2.45) is 5.41 Å². The van der Waals surface area contributed by atoms with Gasteiger partial charge in [-0.1, -0.05) is 0 Å². The molecule has 0 aliphatic carbocycles. The molecule has 0 aromatic carbocycles. The van der Waals surface area contributed by atoms with Gasteiger partial charge in [-0.3, -0.25) is 9.59 Å². The van der Waals surface area contributed by atoms with E-state index < -0.39 is 0 Å². The molecule has 0 atom stereocenters. The molecule has 1 aromatic heterocycles. The molecule has 3 rings (SSSR count). The second-order valence-electron chi connectivity index (χ2n) is 6.31. The summed E-state index contributed by atoms with van der Waals surface area (Å²) in [5, 5.41) is 0. The standard InChI is InChI=1S/C16H21N3O3/c1-18-11-16(10-14(18)20)4-7-19(8-5-16)15(21)12-3-6-17-13(9-12)22-2/h3,6,9H,4-5,7-8,10-11H2,1-2H3. The fraction of sp³-hybridized carbons (Fsp3) is 0.562. The van der Waals surface area contributed by atoms with E-state index in [4.69, 9.17) is 4.74 Å². The summed E-state index contributed by atoms with van der Waals surface area (Å²) in [5.41, 5.74) is 0.667. The molecule has 2 aliphatic rings. The van der Waals surface area contributed by atoms with Crippen molar-refractivity contribution in [3.05, 3.63) is 23.9 Å². The van der Waals surface area contributed by atoms with Gasteiger partial charge in [0.2, 0.25) is 11.8 Å². The second kappa shape index (κ2) is 5.59. The van der Waals surface area contributed by atoms with Crippen LogP contribution in [0.4, 0.5) is 0 Å². The number of hydrogen-bond acceptors (Lipinski definition) is 4. The van der Waals surface area contributed by atoms with Gasteiger partial charge in [0, 0.05) is 56.3 Å². The highest BCUT2D eigenvalue weighted by Crippen LogP contribution is 2.40. The summed E-state index contributed by atoms with van der Waals surface area (Å²) in [6.45, 7) is 2.21. The van der Waals surface area contributed by atoms with Gasteiger partial charge in [-0.25, -0.2) is 4.98 Å². The monoisotopic (exact) mass is 303 g/mol. The zero-order valence-corrected chi connectivity index (χ0v) is 13.0. The van der Waals surface area contributed by atoms with Crippen molar-refractivity contribution in [2.45, 2.75) is 19.3 Å². The Morgan fingerprint density at radius 3 is 2.68 bits per heavy atom. The first-order valence-electron chi connectivity index (χ1n) is 7.56. The van der Waals surface area contributed by atoms with Crippen LogP contribution in [0.15, 0.2) is 18.3 Å². The molecule has 6 heteroatoms. The lowest BCUT2D eigenvalue weighted by molar-refractivity contribution is -0.126. The highest BCUT2D eigenvalue weighted by atomic mass is 16.5. The number of rotatable bonds is 2. The van der Waals surface area contributed by atoms with Crippen molar-refractivity contribution in [1.82, 2.24) is 14.8 Å². The Bertz CT molecular complexity index is 594. The smallest absolute Gasteiger partial charge is 0.254 e. The van der Waals surface area contributed by atoms with Gasteiger partial charge in [-0.2, -0.15) is 0 Å². The number of aromatic nitrogens is 1. The van der Waals surface area contributed by atoms with Crippen LogP contribution in [-0.4, -0.2) is 60.4 Å². The van der Waals surface area contributed by atoms with E-state index in [0.29, 0.717) is 31.0 Å². The van der Waals surface area contributed by atoms with Gasteiger partial charge in [-0.15, -0.1) is 0 Å². The first-order chi connectivity index (χ1) is 10.5. The Morgan fingerprint density at radius 2 is 2.09 bits per heavy atom. The average Bonchev–Trinajstić information content (AvgIpc) is 2.81. The number of likely N-dealkylation sites (tertiary alicyclic amines) is 2. The quantitative estimate of drug-likeness (QED) is 0.823. The van der Waals surface area contributed by atoms with Gasteiger partial charge in [0.25, 0.3) is 5.91 Å². The molecule has 1 spiro atoms. The molecule has 0 N–H and O–H groups in total. The number of pyridine rings is 1. The lowest BCUT2D eigenvalue weighted by Gasteiger charge is -2.38. The van der Waals surface area contributed by atoms with Crippen molar-refractivity contribution in [2.75, 3.05) is 33.8 Å². The number of methoxy groups -OCH3 is 1. The van der Waals surface area contributed by atoms with Gasteiger partial charge in [0.05, 0.1) is 7.11 Å². The Labute approximate surface area is 130 Å². The van der Waals surface area contributed by atoms with Gasteiger partial charge >= 0.3 is 0 Å². The summed E-state index contributed by atoms with van der Waals surface area (Å²) in [4.78, 5) is 32.0. The van der Waals surface area contributed by atoms with E-state index in [0.717, 1.165) is 19.4 Å². The lowest BCUT2D eigenvalue weighted by atomic mass is 9.77. The molecule has 1 aromatic rings. The van der Waals surface area contributed by atoms with Gasteiger partial charge < -0.3 is 14.5 Å². The maximum absolute atomic E-state index is 12.6. The summed E-state index contributed by atoms with van der Waals surface area (Å²) in [5.74, 6) is 0.675. The van der Waals surface area contributed by atoms with Crippen molar-refractivity contribution < 1.29 is 14.3 Å². The van der Waals surface area contributed by atoms with Gasteiger partial charge in [-0.05, 0) is 18.9 Å². The molecular formula is C16H21N3O3. The van der Waals surface area contributed by atoms with Crippen molar-refractivity contribution >= 4 is 11.8 Å². The minimum absolute atomic E-state index is 0.00762. The van der Waals surface area contributed by atoms with E-state index in [1.807, 2.05) is 16.8 Å². The van der Waals surface area contributed by atoms with Gasteiger partial charge in [0.1, 0.15) is 0 Å². The lowest BCUT2D eigenvalue weighted by Crippen LogP contribution is -2.44. The molecule has 0 bridgehead atoms. The van der Waals surface area contributed by atoms with Crippen LogP contribution >= 0.6 is 0 Å². The molecule has 2 aliphatic heterocycles. The minimum atomic E-state index is 0.00762. The normalized spacial score (nSPS) is 20.5. The summed E-state index contributed by atoms with van der Waals surface area (Å²) >= 11 is 0. The number of piperidine rings is 1. The number of carbonyl (C=O) groups is 2. The van der Waals surface area contributed by atoms with Crippen LogP contribution < -0.4 is 4.74 Å². The molecule has 22 heavy (non-hydrogen) atoms. The molecule has 0 radical (unpaired) electrons. The van der Waals surface area contributed by atoms with Crippen molar-refractivity contribution in [3.63, 3.8) is 0 Å². The van der Waals surface area contributed by atoms with E-state index in [2.05, 4.69) is 4.98 Å². The third-order valence-electron chi connectivity index (χ3n) is 4.83. The Kier molecular flexibility index (Phi) is 3.76. The number of carbonyl (C=O) groups excluding carboxylic acids is 2. The molecule has 0 saturated carbocycles. The van der Waals surface area contributed by atoms with E-state index in [-0.39, 0.29) is 17.2 Å². The summed E-state index contributed by atoms with van der Waals surface area (Å²) in [6.07, 6.45) is 3.98. The Balaban J connectivity index is 1.66. The van der Waals surface area contributed by atoms with Gasteiger partial charge in [0.15, 0.2) is 0 Å². The number of amides is 2. The molecule has 6 nitrogen and oxygen atoms in total. The van der Waals surface area contributed by atoms with Crippen LogP contribution in [-0.2, 0) is 4.79 Å². The minimum Gasteiger partial charge on any atom is -0.481 e. The SMILES string of the molecule is COc1cc(C(=O)N2CCC3(CC2)CC(=O)N(C)C3)ccn1. The Hall–Kier alpha value is -2.11. The summed E-state index contributed by atoms with van der Waals surface area (Å²) in [7, 11) is 3.40. The largest absolute Gasteiger partial charge is 0.481 e. The fourth-order valence-corrected chi connectivity index (χ4v) is 3.46. The van der Waals surface area contributed by atoms with Crippen LogP contribution in [0.2, 0.25) is 0 Å². The molecule has 2 amide bonds. The molecule has 3 heterocycles. The van der Waals surface area contributed by atoms with Crippen LogP contribution in [0.3, 0.4) is 0 Å². The van der Waals surface area contributed by atoms with E-state index in [1.54, 1.807) is 18.3 Å². The van der Waals surface area contributed by atoms with E-state index in [1.165, 1.54) is 7.11 Å². The van der Waals surface area contributed by atoms with Crippen molar-refractivity contribution in [1.29, 1.82) is 0 Å². The van der Waals surface area contributed by atoms with Crippen LogP contribution in [0.5, 0.6) is 5.88 Å². The highest BCUT2D eigenvalue weighted by Gasteiger charge is 2.44. The van der Waals surface area contributed by atoms with Crippen LogP contribution in [0.1, 0.15) is 29.6 Å². The summed E-state index contributed by atoms with van der Waals surface area (Å²) in [6, 6.07) is 3.38. The first kappa shape index (κ1) is 14.8. The van der Waals surface area contributed by atoms with E-state index >= 15 is 0 Å². The molecule has 0 unspecified atom stereocenters. The zero-order chi connectivity index (χ0) is 15.7. The summed E-state index contributed by atoms with van der Waals surface area (Å²) < 4.78 is 5.07. The molecule has 2 fully saturated rings. The third kappa shape index (κ3) is 2.65. The van der Waals surface area contributed by atoms with Crippen LogP contribution in [0.25, 0.3) is 0 Å². The Morgan fingerprint density at radius 1 is 1.36 bits per heavy atom. The predicted octanol–water partition coefficient (Wildman–Crippen LogP) is 1.17. The van der Waals surface area contributed by atoms with Crippen molar-refractivity contribution in [3.8, 4) is 5.88 Å². The highest BCUT2D eigenvalue weighted by molar-refractivity contribution is 5.94. The van der Waals surface area contributed by atoms with Crippen LogP contribution in [0, 0.1) is 5.41 Å². The zero-order valence-electron chi connectivity index (χ0n) is 13.0. The second-order valence-corrected chi connectivity index (χ2v) is 6.31. The average molecular weight is 303 g/mol. The maximum Gasteiger partial charge on any atom is 0.254 e. The van der Waals surface area contributed by atoms with E-state index in [9.17, 15) is 9.59 Å². The number of nitrogens with zero attached hydrogens (tertiary/aromatic N) is 3. The number of ether oxygens (including phenoxy) is 1. The maximum atomic E-state index is 12.6. The molecular weight excluding hydrogens is 282 g/mol.